The molecule has 0 unspecified atom stereocenters. The topological polar surface area (TPSA) is 92.7 Å². The van der Waals surface area contributed by atoms with E-state index in [1.54, 1.807) is 30.3 Å². The zero-order chi connectivity index (χ0) is 15.2. The van der Waals surface area contributed by atoms with Gasteiger partial charge in [-0.2, -0.15) is 0 Å². The molecule has 2 N–H and O–H groups in total. The number of carbonyl (C=O) groups is 3. The van der Waals surface area contributed by atoms with Crippen LogP contribution < -0.4 is 10.1 Å². The highest BCUT2D eigenvalue weighted by molar-refractivity contribution is 8.18. The maximum absolute atomic E-state index is 11.4. The fourth-order valence-electron chi connectivity index (χ4n) is 1.65. The number of nitrogens with one attached hydrogen (secondary N) is 1. The number of thioether (sulfide) groups is 1. The minimum atomic E-state index is -0.845. The van der Waals surface area contributed by atoms with Gasteiger partial charge in [0.15, 0.2) is 0 Å². The molecule has 1 fully saturated rings. The molecule has 7 heteroatoms. The van der Waals surface area contributed by atoms with Gasteiger partial charge in [-0.3, -0.25) is 19.7 Å². The van der Waals surface area contributed by atoms with Crippen molar-refractivity contribution in [2.24, 2.45) is 0 Å². The molecule has 1 heterocycles. The van der Waals surface area contributed by atoms with Crippen LogP contribution in [-0.4, -0.2) is 28.8 Å². The highest BCUT2D eigenvalue weighted by Crippen LogP contribution is 2.26. The molecule has 2 rings (SSSR count). The van der Waals surface area contributed by atoms with Crippen molar-refractivity contribution in [3.8, 4) is 5.75 Å². The van der Waals surface area contributed by atoms with Crippen LogP contribution in [0.15, 0.2) is 29.2 Å². The first-order valence-electron chi connectivity index (χ1n) is 6.24. The fraction of sp³-hybridized carbons (Fsp3) is 0.214. The number of carboxylic acids is 1. The van der Waals surface area contributed by atoms with Crippen molar-refractivity contribution in [1.82, 2.24) is 5.32 Å². The number of hydrogen-bond acceptors (Lipinski definition) is 5. The molecule has 6 nitrogen and oxygen atoms in total. The number of carbonyl (C=O) groups excluding carboxylic acids is 2. The number of ether oxygens (including phenoxy) is 1. The van der Waals surface area contributed by atoms with E-state index < -0.39 is 5.97 Å². The van der Waals surface area contributed by atoms with Gasteiger partial charge in [0.05, 0.1) is 11.5 Å². The second-order valence-electron chi connectivity index (χ2n) is 4.27. The Labute approximate surface area is 125 Å². The van der Waals surface area contributed by atoms with Gasteiger partial charge in [-0.25, -0.2) is 0 Å². The van der Waals surface area contributed by atoms with Crippen LogP contribution in [0, 0.1) is 0 Å². The third-order valence-electron chi connectivity index (χ3n) is 2.62. The molecule has 0 spiro atoms. The van der Waals surface area contributed by atoms with E-state index in [2.05, 4.69) is 5.32 Å². The Bertz CT molecular complexity index is 594. The second kappa shape index (κ2) is 6.94. The number of benzene rings is 1. The minimum Gasteiger partial charge on any atom is -0.494 e. The first-order chi connectivity index (χ1) is 10.0. The van der Waals surface area contributed by atoms with Crippen molar-refractivity contribution in [2.45, 2.75) is 12.8 Å². The van der Waals surface area contributed by atoms with Gasteiger partial charge in [-0.05, 0) is 42.0 Å². The Morgan fingerprint density at radius 3 is 2.57 bits per heavy atom. The summed E-state index contributed by atoms with van der Waals surface area (Å²) in [6, 6.07) is 6.98. The van der Waals surface area contributed by atoms with E-state index in [9.17, 15) is 14.4 Å². The van der Waals surface area contributed by atoms with E-state index in [1.807, 2.05) is 0 Å². The number of amides is 2. The molecule has 0 aromatic heterocycles. The smallest absolute Gasteiger partial charge is 0.303 e. The maximum atomic E-state index is 11.4. The molecule has 1 saturated heterocycles. The van der Waals surface area contributed by atoms with Gasteiger partial charge in [0.25, 0.3) is 11.1 Å². The lowest BCUT2D eigenvalue weighted by Gasteiger charge is -2.05. The number of aliphatic carboxylic acids is 1. The van der Waals surface area contributed by atoms with Gasteiger partial charge in [0, 0.05) is 6.42 Å². The van der Waals surface area contributed by atoms with Gasteiger partial charge >= 0.3 is 5.97 Å². The molecule has 1 aliphatic heterocycles. The first-order valence-corrected chi connectivity index (χ1v) is 7.06. The Balaban J connectivity index is 1.90. The lowest BCUT2D eigenvalue weighted by atomic mass is 10.2. The summed E-state index contributed by atoms with van der Waals surface area (Å²) in [4.78, 5) is 33.1. The van der Waals surface area contributed by atoms with Crippen LogP contribution >= 0.6 is 11.8 Å². The summed E-state index contributed by atoms with van der Waals surface area (Å²) in [5.74, 6) is -0.608. The highest BCUT2D eigenvalue weighted by Gasteiger charge is 2.24. The molecule has 0 saturated carbocycles. The van der Waals surface area contributed by atoms with E-state index in [4.69, 9.17) is 9.84 Å². The molecule has 2 amide bonds. The van der Waals surface area contributed by atoms with Crippen LogP contribution in [0.5, 0.6) is 5.75 Å². The summed E-state index contributed by atoms with van der Waals surface area (Å²) >= 11 is 0.867. The van der Waals surface area contributed by atoms with Gasteiger partial charge in [0.2, 0.25) is 0 Å². The zero-order valence-electron chi connectivity index (χ0n) is 11.0. The van der Waals surface area contributed by atoms with E-state index in [0.717, 1.165) is 17.3 Å². The summed E-state index contributed by atoms with van der Waals surface area (Å²) in [7, 11) is 0. The molecule has 1 aromatic carbocycles. The maximum Gasteiger partial charge on any atom is 0.303 e. The zero-order valence-corrected chi connectivity index (χ0v) is 11.8. The van der Waals surface area contributed by atoms with Crippen molar-refractivity contribution in [2.75, 3.05) is 6.61 Å². The number of hydrogen-bond donors (Lipinski definition) is 2. The van der Waals surface area contributed by atoms with Gasteiger partial charge < -0.3 is 9.84 Å². The molecule has 0 bridgehead atoms. The lowest BCUT2D eigenvalue weighted by molar-refractivity contribution is -0.137. The average molecular weight is 307 g/mol. The van der Waals surface area contributed by atoms with Crippen LogP contribution in [0.2, 0.25) is 0 Å². The quantitative estimate of drug-likeness (QED) is 0.618. The van der Waals surface area contributed by atoms with Gasteiger partial charge in [0.1, 0.15) is 5.75 Å². The predicted octanol–water partition coefficient (Wildman–Crippen LogP) is 2.25. The number of carboxylic acid groups (broad SMARTS) is 1. The molecule has 1 aromatic rings. The van der Waals surface area contributed by atoms with Crippen molar-refractivity contribution < 1.29 is 24.2 Å². The third-order valence-corrected chi connectivity index (χ3v) is 3.43. The van der Waals surface area contributed by atoms with Gasteiger partial charge in [-0.15, -0.1) is 0 Å². The number of rotatable bonds is 6. The Morgan fingerprint density at radius 2 is 2.00 bits per heavy atom. The summed E-state index contributed by atoms with van der Waals surface area (Å²) in [6.07, 6.45) is 2.14. The van der Waals surface area contributed by atoms with Crippen molar-refractivity contribution >= 4 is 35.0 Å². The standard InChI is InChI=1S/C14H13NO5S/c16-12(17)2-1-7-20-10-5-3-9(4-6-10)8-11-13(18)15-14(19)21-11/h3-6,8H,1-2,7H2,(H,16,17)(H,15,18,19)/b11-8-. The first kappa shape index (κ1) is 15.1. The Morgan fingerprint density at radius 1 is 1.29 bits per heavy atom. The largest absolute Gasteiger partial charge is 0.494 e. The van der Waals surface area contributed by atoms with Crippen LogP contribution in [0.3, 0.4) is 0 Å². The normalized spacial score (nSPS) is 16.1. The molecule has 21 heavy (non-hydrogen) atoms. The summed E-state index contributed by atoms with van der Waals surface area (Å²) in [6.45, 7) is 0.333. The van der Waals surface area contributed by atoms with Crippen LogP contribution in [-0.2, 0) is 9.59 Å². The molecule has 1 aliphatic rings. The molecule has 0 aliphatic carbocycles. The minimum absolute atomic E-state index is 0.0740. The van der Waals surface area contributed by atoms with Crippen molar-refractivity contribution in [3.63, 3.8) is 0 Å². The number of imide groups is 1. The SMILES string of the molecule is O=C(O)CCCOc1ccc(/C=C2\SC(=O)NC2=O)cc1. The fourth-order valence-corrected chi connectivity index (χ4v) is 2.33. The predicted molar refractivity (Wildman–Crippen MR) is 77.9 cm³/mol. The second-order valence-corrected chi connectivity index (χ2v) is 5.28. The van der Waals surface area contributed by atoms with Crippen LogP contribution in [0.4, 0.5) is 4.79 Å². The summed E-state index contributed by atoms with van der Waals surface area (Å²) in [5, 5.41) is 10.3. The molecule has 0 radical (unpaired) electrons. The van der Waals surface area contributed by atoms with E-state index in [-0.39, 0.29) is 17.6 Å². The lowest BCUT2D eigenvalue weighted by Crippen LogP contribution is -2.17. The third kappa shape index (κ3) is 4.64. The average Bonchev–Trinajstić information content (AvgIpc) is 2.74. The molecular weight excluding hydrogens is 294 g/mol. The summed E-state index contributed by atoms with van der Waals surface area (Å²) < 4.78 is 5.40. The van der Waals surface area contributed by atoms with E-state index in [1.165, 1.54) is 0 Å². The molecule has 0 atom stereocenters. The molecule has 110 valence electrons. The van der Waals surface area contributed by atoms with E-state index in [0.29, 0.717) is 23.7 Å². The van der Waals surface area contributed by atoms with E-state index >= 15 is 0 Å². The van der Waals surface area contributed by atoms with Crippen molar-refractivity contribution in [1.29, 1.82) is 0 Å². The van der Waals surface area contributed by atoms with Crippen LogP contribution in [0.1, 0.15) is 18.4 Å². The van der Waals surface area contributed by atoms with Crippen molar-refractivity contribution in [3.05, 3.63) is 34.7 Å². The summed E-state index contributed by atoms with van der Waals surface area (Å²) in [5.41, 5.74) is 0.778. The monoisotopic (exact) mass is 307 g/mol. The Hall–Kier alpha value is -2.28. The Kier molecular flexibility index (Phi) is 4.99. The highest BCUT2D eigenvalue weighted by atomic mass is 32.2. The van der Waals surface area contributed by atoms with Gasteiger partial charge in [-0.1, -0.05) is 12.1 Å². The molecular formula is C14H13NO5S. The van der Waals surface area contributed by atoms with Crippen LogP contribution in [0.25, 0.3) is 6.08 Å².